The van der Waals surface area contributed by atoms with Gasteiger partial charge in [0.25, 0.3) is 0 Å². The highest BCUT2D eigenvalue weighted by atomic mass is 32.2. The first-order valence-electron chi connectivity index (χ1n) is 9.85. The Morgan fingerprint density at radius 2 is 1.02 bits per heavy atom. The number of rotatable bonds is 13. The van der Waals surface area contributed by atoms with Gasteiger partial charge in [0.2, 0.25) is 0 Å². The van der Waals surface area contributed by atoms with Crippen LogP contribution in [-0.2, 0) is 4.74 Å². The first-order valence-corrected chi connectivity index (χ1v) is 11.0. The lowest BCUT2D eigenvalue weighted by atomic mass is 9.88. The molecule has 0 aliphatic rings. The maximum Gasteiger partial charge on any atom is 0.460 e. The highest BCUT2D eigenvalue weighted by molar-refractivity contribution is 7.99. The largest absolute Gasteiger partial charge is 0.478 e. The van der Waals surface area contributed by atoms with Gasteiger partial charge in [-0.15, -0.1) is 11.8 Å². The van der Waals surface area contributed by atoms with Gasteiger partial charge in [0.05, 0.1) is 11.1 Å². The summed E-state index contributed by atoms with van der Waals surface area (Å²) >= 11 is -0.161. The number of halogens is 17. The molecule has 0 heterocycles. The molecule has 4 nitrogen and oxygen atoms in total. The lowest BCUT2D eigenvalue weighted by Crippen LogP contribution is -2.74. The topological polar surface area (TPSA) is 63.6 Å². The van der Waals surface area contributed by atoms with Crippen LogP contribution in [0.4, 0.5) is 74.6 Å². The molecular formula is C19H11F17O4S. The summed E-state index contributed by atoms with van der Waals surface area (Å²) in [6, 6.07) is 4.11. The van der Waals surface area contributed by atoms with Crippen molar-refractivity contribution in [2.45, 2.75) is 54.1 Å². The van der Waals surface area contributed by atoms with Crippen LogP contribution in [0.15, 0.2) is 24.3 Å². The van der Waals surface area contributed by atoms with Crippen molar-refractivity contribution in [1.29, 1.82) is 0 Å². The van der Waals surface area contributed by atoms with E-state index in [2.05, 4.69) is 4.74 Å². The molecule has 0 saturated heterocycles. The summed E-state index contributed by atoms with van der Waals surface area (Å²) in [6.45, 7) is 0. The third-order valence-electron chi connectivity index (χ3n) is 5.00. The number of hydrogen-bond acceptors (Lipinski definition) is 4. The lowest BCUT2D eigenvalue weighted by Gasteiger charge is -2.42. The second-order valence-electron chi connectivity index (χ2n) is 7.71. The fraction of sp³-hybridized carbons (Fsp3) is 0.579. The average molecular weight is 658 g/mol. The number of esters is 1. The van der Waals surface area contributed by atoms with Crippen LogP contribution in [0.25, 0.3) is 0 Å². The van der Waals surface area contributed by atoms with E-state index < -0.39 is 88.8 Å². The average Bonchev–Trinajstić information content (AvgIpc) is 2.82. The number of carbonyl (C=O) groups excluding carboxylic acids is 1. The van der Waals surface area contributed by atoms with Crippen molar-refractivity contribution in [3.63, 3.8) is 0 Å². The molecule has 0 saturated carbocycles. The number of carbonyl (C=O) groups is 2. The molecule has 0 aromatic heterocycles. The normalized spacial score (nSPS) is 14.7. The van der Waals surface area contributed by atoms with E-state index in [0.29, 0.717) is 0 Å². The Balaban J connectivity index is 3.10. The summed E-state index contributed by atoms with van der Waals surface area (Å²) < 4.78 is 229. The molecule has 0 aliphatic heterocycles. The Kier molecular flexibility index (Phi) is 9.92. The number of carboxylic acid groups (broad SMARTS) is 1. The van der Waals surface area contributed by atoms with Crippen molar-refractivity contribution in [2.24, 2.45) is 0 Å². The Hall–Kier alpha value is -2.68. The van der Waals surface area contributed by atoms with E-state index in [9.17, 15) is 84.2 Å². The third kappa shape index (κ3) is 5.97. The van der Waals surface area contributed by atoms with Crippen LogP contribution < -0.4 is 0 Å². The standard InChI is InChI=1S/C19H11F17O4S/c20-12(21,5-6-41-7-40-11(39)9-4-2-1-3-8(9)10(37)38)13(22,23)14(24,25)15(26,27)16(28,29)17(30,31)18(32,33)19(34,35)36/h1-4H,5-7H2,(H,37,38). The van der Waals surface area contributed by atoms with Crippen LogP contribution in [-0.4, -0.2) is 76.4 Å². The number of carboxylic acids is 1. The maximum atomic E-state index is 13.8. The summed E-state index contributed by atoms with van der Waals surface area (Å²) in [6.07, 6.45) is -10.5. The molecule has 22 heteroatoms. The van der Waals surface area contributed by atoms with Gasteiger partial charge in [0, 0.05) is 12.2 Å². The Morgan fingerprint density at radius 3 is 1.44 bits per heavy atom. The van der Waals surface area contributed by atoms with E-state index in [4.69, 9.17) is 5.11 Å². The molecule has 1 aromatic rings. The van der Waals surface area contributed by atoms with Crippen LogP contribution in [0.1, 0.15) is 27.1 Å². The number of aromatic carboxylic acids is 1. The van der Waals surface area contributed by atoms with Gasteiger partial charge < -0.3 is 9.84 Å². The Morgan fingerprint density at radius 1 is 0.634 bits per heavy atom. The predicted octanol–water partition coefficient (Wildman–Crippen LogP) is 7.63. The van der Waals surface area contributed by atoms with Crippen LogP contribution in [0.2, 0.25) is 0 Å². The first kappa shape index (κ1) is 36.3. The van der Waals surface area contributed by atoms with Gasteiger partial charge in [0.15, 0.2) is 0 Å². The number of benzene rings is 1. The number of alkyl halides is 17. The number of hydrogen-bond donors (Lipinski definition) is 1. The second kappa shape index (κ2) is 11.2. The molecule has 1 N–H and O–H groups in total. The Labute approximate surface area is 219 Å². The van der Waals surface area contributed by atoms with Crippen molar-refractivity contribution in [1.82, 2.24) is 0 Å². The molecule has 0 aliphatic carbocycles. The first-order chi connectivity index (χ1) is 18.1. The van der Waals surface area contributed by atoms with Crippen molar-refractivity contribution in [2.75, 3.05) is 11.7 Å². The van der Waals surface area contributed by atoms with Crippen molar-refractivity contribution in [3.8, 4) is 0 Å². The summed E-state index contributed by atoms with van der Waals surface area (Å²) in [5.74, 6) is -62.6. The van der Waals surface area contributed by atoms with Crippen LogP contribution >= 0.6 is 11.8 Å². The zero-order valence-electron chi connectivity index (χ0n) is 18.9. The van der Waals surface area contributed by atoms with Gasteiger partial charge in [-0.05, 0) is 12.1 Å². The molecular weight excluding hydrogens is 647 g/mol. The van der Waals surface area contributed by atoms with Gasteiger partial charge in [-0.2, -0.15) is 74.6 Å². The molecule has 0 bridgehead atoms. The molecule has 0 unspecified atom stereocenters. The molecule has 0 spiro atoms. The molecule has 0 amide bonds. The third-order valence-corrected chi connectivity index (χ3v) is 5.78. The quantitative estimate of drug-likeness (QED) is 0.102. The summed E-state index contributed by atoms with van der Waals surface area (Å²) in [5, 5.41) is 8.93. The zero-order chi connectivity index (χ0) is 32.7. The fourth-order valence-corrected chi connectivity index (χ4v) is 3.34. The van der Waals surface area contributed by atoms with Crippen molar-refractivity contribution < 1.29 is 94.1 Å². The fourth-order valence-electron chi connectivity index (χ4n) is 2.63. The maximum absolute atomic E-state index is 13.8. The van der Waals surface area contributed by atoms with E-state index in [1.807, 2.05) is 0 Å². The number of ether oxygens (including phenoxy) is 1. The van der Waals surface area contributed by atoms with E-state index in [0.717, 1.165) is 24.3 Å². The smallest absolute Gasteiger partial charge is 0.460 e. The SMILES string of the molecule is O=C(O)c1ccccc1C(=O)OCSCCC(F)(F)C(F)(F)C(F)(F)C(F)(F)C(F)(F)C(F)(F)C(F)(F)C(F)(F)F. The van der Waals surface area contributed by atoms with E-state index in [1.165, 1.54) is 0 Å². The summed E-state index contributed by atoms with van der Waals surface area (Å²) in [4.78, 5) is 22.8. The van der Waals surface area contributed by atoms with Gasteiger partial charge in [0.1, 0.15) is 5.94 Å². The minimum absolute atomic E-state index is 0.161. The number of thioether (sulfide) groups is 1. The van der Waals surface area contributed by atoms with Crippen molar-refractivity contribution in [3.05, 3.63) is 35.4 Å². The monoisotopic (exact) mass is 658 g/mol. The molecule has 236 valence electrons. The van der Waals surface area contributed by atoms with Crippen LogP contribution in [0.5, 0.6) is 0 Å². The lowest BCUT2D eigenvalue weighted by molar-refractivity contribution is -0.461. The van der Waals surface area contributed by atoms with Gasteiger partial charge in [-0.1, -0.05) is 12.1 Å². The minimum atomic E-state index is -8.70. The van der Waals surface area contributed by atoms with E-state index >= 15 is 0 Å². The van der Waals surface area contributed by atoms with E-state index in [1.54, 1.807) is 0 Å². The van der Waals surface area contributed by atoms with Crippen LogP contribution in [0, 0.1) is 0 Å². The highest BCUT2D eigenvalue weighted by Crippen LogP contribution is 2.64. The van der Waals surface area contributed by atoms with Crippen LogP contribution in [0.3, 0.4) is 0 Å². The highest BCUT2D eigenvalue weighted by Gasteiger charge is 2.95. The van der Waals surface area contributed by atoms with E-state index in [-0.39, 0.29) is 11.8 Å². The van der Waals surface area contributed by atoms with Crippen molar-refractivity contribution >= 4 is 23.7 Å². The van der Waals surface area contributed by atoms with Gasteiger partial charge >= 0.3 is 59.6 Å². The summed E-state index contributed by atoms with van der Waals surface area (Å²) in [5.41, 5.74) is -1.25. The second-order valence-corrected chi connectivity index (χ2v) is 8.76. The molecule has 0 fully saturated rings. The molecule has 41 heavy (non-hydrogen) atoms. The molecule has 1 rings (SSSR count). The Bertz CT molecular complexity index is 1120. The zero-order valence-corrected chi connectivity index (χ0v) is 19.8. The minimum Gasteiger partial charge on any atom is -0.478 e. The molecule has 0 radical (unpaired) electrons. The van der Waals surface area contributed by atoms with Gasteiger partial charge in [-0.3, -0.25) is 0 Å². The summed E-state index contributed by atoms with van der Waals surface area (Å²) in [7, 11) is 0. The van der Waals surface area contributed by atoms with Gasteiger partial charge in [-0.25, -0.2) is 9.59 Å². The molecule has 1 aromatic carbocycles. The predicted molar refractivity (Wildman–Crippen MR) is 101 cm³/mol. The molecule has 0 atom stereocenters.